The highest BCUT2D eigenvalue weighted by Crippen LogP contribution is 2.44. The third kappa shape index (κ3) is 5.71. The second-order valence-corrected chi connectivity index (χ2v) is 13.7. The smallest absolute Gasteiger partial charge is 0.143 e. The van der Waals surface area contributed by atoms with E-state index >= 15 is 0 Å². The molecule has 0 N–H and O–H groups in total. The van der Waals surface area contributed by atoms with Gasteiger partial charge >= 0.3 is 0 Å². The molecule has 0 aliphatic rings. The molecular formula is C52H35NO. The first kappa shape index (κ1) is 31.6. The Morgan fingerprint density at radius 2 is 0.889 bits per heavy atom. The zero-order valence-corrected chi connectivity index (χ0v) is 29.6. The molecule has 1 heterocycles. The predicted molar refractivity (Wildman–Crippen MR) is 228 cm³/mol. The van der Waals surface area contributed by atoms with E-state index in [1.807, 2.05) is 6.07 Å². The molecule has 9 aromatic carbocycles. The number of hydrogen-bond acceptors (Lipinski definition) is 2. The van der Waals surface area contributed by atoms with E-state index in [1.165, 1.54) is 38.2 Å². The van der Waals surface area contributed by atoms with Crippen molar-refractivity contribution in [2.45, 2.75) is 0 Å². The van der Waals surface area contributed by atoms with E-state index in [-0.39, 0.29) is 0 Å². The van der Waals surface area contributed by atoms with Gasteiger partial charge in [-0.1, -0.05) is 164 Å². The van der Waals surface area contributed by atoms with Crippen molar-refractivity contribution in [3.8, 4) is 44.7 Å². The number of rotatable bonds is 7. The fourth-order valence-corrected chi connectivity index (χ4v) is 7.83. The summed E-state index contributed by atoms with van der Waals surface area (Å²) in [5.41, 5.74) is 12.1. The molecule has 0 bridgehead atoms. The minimum absolute atomic E-state index is 0.861. The van der Waals surface area contributed by atoms with Crippen LogP contribution in [0.25, 0.3) is 77.2 Å². The molecule has 54 heavy (non-hydrogen) atoms. The Bertz CT molecular complexity index is 2930. The second kappa shape index (κ2) is 13.4. The Morgan fingerprint density at radius 3 is 1.70 bits per heavy atom. The lowest BCUT2D eigenvalue weighted by molar-refractivity contribution is 0.632. The molecule has 0 unspecified atom stereocenters. The molecule has 0 atom stereocenters. The van der Waals surface area contributed by atoms with Gasteiger partial charge in [-0.15, -0.1) is 0 Å². The number of hydrogen-bond donors (Lipinski definition) is 0. The van der Waals surface area contributed by atoms with E-state index in [0.717, 1.165) is 56.0 Å². The third-order valence-corrected chi connectivity index (χ3v) is 10.4. The minimum Gasteiger partial charge on any atom is -0.455 e. The van der Waals surface area contributed by atoms with Gasteiger partial charge in [-0.2, -0.15) is 0 Å². The van der Waals surface area contributed by atoms with Gasteiger partial charge in [0.15, 0.2) is 0 Å². The van der Waals surface area contributed by atoms with Crippen molar-refractivity contribution in [2.75, 3.05) is 4.90 Å². The SMILES string of the molecule is c1ccc(-c2c(-c3cccc(N(c4ccc(-c5cccc6ccccc56)cc4)c4cccc(-c5ccc6ccccc6c5)c4)c3)oc3ccccc23)cc1. The average Bonchev–Trinajstić information content (AvgIpc) is 3.64. The molecule has 0 amide bonds. The van der Waals surface area contributed by atoms with Gasteiger partial charge in [0.2, 0.25) is 0 Å². The molecule has 2 heteroatoms. The molecule has 0 aliphatic carbocycles. The third-order valence-electron chi connectivity index (χ3n) is 10.4. The molecule has 2 nitrogen and oxygen atoms in total. The van der Waals surface area contributed by atoms with Crippen LogP contribution in [0.2, 0.25) is 0 Å². The molecule has 254 valence electrons. The van der Waals surface area contributed by atoms with Crippen LogP contribution >= 0.6 is 0 Å². The van der Waals surface area contributed by atoms with Crippen molar-refractivity contribution < 1.29 is 4.42 Å². The highest BCUT2D eigenvalue weighted by atomic mass is 16.3. The molecule has 1 aromatic heterocycles. The summed E-state index contributed by atoms with van der Waals surface area (Å²) in [4.78, 5) is 2.35. The Kier molecular flexibility index (Phi) is 7.85. The largest absolute Gasteiger partial charge is 0.455 e. The van der Waals surface area contributed by atoms with Gasteiger partial charge in [-0.3, -0.25) is 0 Å². The first-order valence-corrected chi connectivity index (χ1v) is 18.4. The Labute approximate surface area is 314 Å². The number of fused-ring (bicyclic) bond motifs is 3. The number of benzene rings is 9. The molecule has 0 radical (unpaired) electrons. The summed E-state index contributed by atoms with van der Waals surface area (Å²) in [5, 5.41) is 6.06. The van der Waals surface area contributed by atoms with Crippen molar-refractivity contribution >= 4 is 49.6 Å². The van der Waals surface area contributed by atoms with Crippen molar-refractivity contribution in [2.24, 2.45) is 0 Å². The van der Waals surface area contributed by atoms with E-state index < -0.39 is 0 Å². The quantitative estimate of drug-likeness (QED) is 0.166. The number of furan rings is 1. The van der Waals surface area contributed by atoms with Crippen LogP contribution in [0.15, 0.2) is 217 Å². The molecule has 0 aliphatic heterocycles. The van der Waals surface area contributed by atoms with Crippen LogP contribution in [0, 0.1) is 0 Å². The standard InChI is InChI=1S/C52H35NO/c1-2-15-39(16-3-1)51-49-24-8-9-26-50(49)54-52(51)43-20-11-22-46(35-43)53(44-31-29-38(30-32-44)48-25-12-18-37-14-6-7-23-47(37)48)45-21-10-19-41(34-45)42-28-27-36-13-4-5-17-40(36)33-42/h1-35H. The predicted octanol–water partition coefficient (Wildman–Crippen LogP) is 14.9. The summed E-state index contributed by atoms with van der Waals surface area (Å²) in [6.07, 6.45) is 0. The zero-order chi connectivity index (χ0) is 35.8. The van der Waals surface area contributed by atoms with Gasteiger partial charge in [0.05, 0.1) is 0 Å². The highest BCUT2D eigenvalue weighted by Gasteiger charge is 2.20. The van der Waals surface area contributed by atoms with E-state index in [0.29, 0.717) is 0 Å². The van der Waals surface area contributed by atoms with Crippen LogP contribution in [0.4, 0.5) is 17.1 Å². The molecule has 0 saturated heterocycles. The van der Waals surface area contributed by atoms with Crippen LogP contribution in [0.5, 0.6) is 0 Å². The van der Waals surface area contributed by atoms with E-state index in [9.17, 15) is 0 Å². The van der Waals surface area contributed by atoms with E-state index in [4.69, 9.17) is 4.42 Å². The fourth-order valence-electron chi connectivity index (χ4n) is 7.83. The summed E-state index contributed by atoms with van der Waals surface area (Å²) < 4.78 is 6.68. The lowest BCUT2D eigenvalue weighted by Gasteiger charge is -2.27. The van der Waals surface area contributed by atoms with Gasteiger partial charge in [0, 0.05) is 33.6 Å². The van der Waals surface area contributed by atoms with Crippen molar-refractivity contribution in [1.82, 2.24) is 0 Å². The molecule has 0 fully saturated rings. The average molecular weight is 690 g/mol. The van der Waals surface area contributed by atoms with Crippen LogP contribution in [-0.4, -0.2) is 0 Å². The Balaban J connectivity index is 1.13. The summed E-state index contributed by atoms with van der Waals surface area (Å²) in [7, 11) is 0. The van der Waals surface area contributed by atoms with Crippen LogP contribution < -0.4 is 4.90 Å². The monoisotopic (exact) mass is 689 g/mol. The first-order valence-electron chi connectivity index (χ1n) is 18.4. The Hall–Kier alpha value is -7.16. The maximum Gasteiger partial charge on any atom is 0.143 e. The van der Waals surface area contributed by atoms with Gasteiger partial charge in [0.25, 0.3) is 0 Å². The number of nitrogens with zero attached hydrogens (tertiary/aromatic N) is 1. The van der Waals surface area contributed by atoms with Gasteiger partial charge < -0.3 is 9.32 Å². The molecule has 0 spiro atoms. The van der Waals surface area contributed by atoms with E-state index in [2.05, 4.69) is 211 Å². The number of anilines is 3. The summed E-state index contributed by atoms with van der Waals surface area (Å²) in [6, 6.07) is 75.8. The summed E-state index contributed by atoms with van der Waals surface area (Å²) in [6.45, 7) is 0. The van der Waals surface area contributed by atoms with Crippen molar-refractivity contribution in [3.05, 3.63) is 212 Å². The zero-order valence-electron chi connectivity index (χ0n) is 29.6. The van der Waals surface area contributed by atoms with Gasteiger partial charge in [-0.05, 0) is 97.9 Å². The lowest BCUT2D eigenvalue weighted by Crippen LogP contribution is -2.10. The second-order valence-electron chi connectivity index (χ2n) is 13.7. The van der Waals surface area contributed by atoms with Crippen molar-refractivity contribution in [3.63, 3.8) is 0 Å². The van der Waals surface area contributed by atoms with Crippen LogP contribution in [-0.2, 0) is 0 Å². The normalized spacial score (nSPS) is 11.3. The number of para-hydroxylation sites is 1. The lowest BCUT2D eigenvalue weighted by atomic mass is 9.97. The molecular weight excluding hydrogens is 655 g/mol. The molecule has 10 rings (SSSR count). The van der Waals surface area contributed by atoms with Crippen LogP contribution in [0.1, 0.15) is 0 Å². The first-order chi connectivity index (χ1) is 26.8. The fraction of sp³-hybridized carbons (Fsp3) is 0. The van der Waals surface area contributed by atoms with Crippen LogP contribution in [0.3, 0.4) is 0 Å². The maximum absolute atomic E-state index is 6.68. The highest BCUT2D eigenvalue weighted by molar-refractivity contribution is 6.02. The minimum atomic E-state index is 0.861. The maximum atomic E-state index is 6.68. The molecule has 10 aromatic rings. The van der Waals surface area contributed by atoms with Gasteiger partial charge in [-0.25, -0.2) is 0 Å². The summed E-state index contributed by atoms with van der Waals surface area (Å²) >= 11 is 0. The van der Waals surface area contributed by atoms with E-state index in [1.54, 1.807) is 0 Å². The van der Waals surface area contributed by atoms with Crippen molar-refractivity contribution in [1.29, 1.82) is 0 Å². The topological polar surface area (TPSA) is 16.4 Å². The summed E-state index contributed by atoms with van der Waals surface area (Å²) in [5.74, 6) is 0.861. The Morgan fingerprint density at radius 1 is 0.315 bits per heavy atom. The van der Waals surface area contributed by atoms with Gasteiger partial charge in [0.1, 0.15) is 11.3 Å². The molecule has 0 saturated carbocycles.